The molecule has 0 N–H and O–H groups in total. The van der Waals surface area contributed by atoms with Crippen LogP contribution in [0.5, 0.6) is 0 Å². The standard InChI is InChI=1S/C4HBrN2S/c1-6-4-7-3(5)2-8-4/h2H. The number of halogens is 1. The Bertz CT molecular complexity index is 224. The Balaban J connectivity index is 3.05. The van der Waals surface area contributed by atoms with Gasteiger partial charge in [-0.2, -0.15) is 0 Å². The minimum atomic E-state index is 0.483. The third-order valence-electron chi connectivity index (χ3n) is 0.560. The van der Waals surface area contributed by atoms with E-state index in [0.29, 0.717) is 5.13 Å². The van der Waals surface area contributed by atoms with Gasteiger partial charge in [-0.1, -0.05) is 6.57 Å². The summed E-state index contributed by atoms with van der Waals surface area (Å²) in [5.74, 6) is 0. The highest BCUT2D eigenvalue weighted by Crippen LogP contribution is 2.21. The van der Waals surface area contributed by atoms with Gasteiger partial charge >= 0.3 is 5.13 Å². The summed E-state index contributed by atoms with van der Waals surface area (Å²) in [7, 11) is 0. The number of thiazole rings is 1. The number of hydrogen-bond donors (Lipinski definition) is 0. The van der Waals surface area contributed by atoms with E-state index in [-0.39, 0.29) is 0 Å². The van der Waals surface area contributed by atoms with Gasteiger partial charge in [0.15, 0.2) is 0 Å². The molecule has 0 spiro atoms. The van der Waals surface area contributed by atoms with Crippen molar-refractivity contribution in [1.29, 1.82) is 0 Å². The van der Waals surface area contributed by atoms with Crippen molar-refractivity contribution in [3.8, 4) is 0 Å². The monoisotopic (exact) mass is 188 g/mol. The highest BCUT2D eigenvalue weighted by atomic mass is 79.9. The van der Waals surface area contributed by atoms with Gasteiger partial charge in [0.25, 0.3) is 0 Å². The van der Waals surface area contributed by atoms with Crippen LogP contribution in [0.4, 0.5) is 5.13 Å². The van der Waals surface area contributed by atoms with Crippen molar-refractivity contribution in [2.24, 2.45) is 0 Å². The quantitative estimate of drug-likeness (QED) is 0.573. The highest BCUT2D eigenvalue weighted by molar-refractivity contribution is 9.10. The molecule has 0 aliphatic heterocycles. The maximum atomic E-state index is 6.51. The van der Waals surface area contributed by atoms with Crippen LogP contribution < -0.4 is 0 Å². The molecule has 0 aliphatic rings. The van der Waals surface area contributed by atoms with Crippen molar-refractivity contribution in [1.82, 2.24) is 4.98 Å². The van der Waals surface area contributed by atoms with E-state index in [0.717, 1.165) is 4.60 Å². The van der Waals surface area contributed by atoms with Crippen LogP contribution >= 0.6 is 27.3 Å². The molecule has 1 heterocycles. The first-order valence-electron chi connectivity index (χ1n) is 1.81. The van der Waals surface area contributed by atoms with Gasteiger partial charge in [0.1, 0.15) is 0 Å². The molecule has 1 aromatic rings. The largest absolute Gasteiger partial charge is 0.351 e. The van der Waals surface area contributed by atoms with Crippen LogP contribution in [-0.4, -0.2) is 4.98 Å². The molecule has 0 fully saturated rings. The number of nitrogens with zero attached hydrogens (tertiary/aromatic N) is 2. The van der Waals surface area contributed by atoms with Gasteiger partial charge in [-0.15, -0.1) is 16.3 Å². The van der Waals surface area contributed by atoms with Crippen molar-refractivity contribution < 1.29 is 0 Å². The van der Waals surface area contributed by atoms with Crippen LogP contribution in [0.25, 0.3) is 4.85 Å². The van der Waals surface area contributed by atoms with Crippen LogP contribution in [0, 0.1) is 6.57 Å². The fourth-order valence-electron chi connectivity index (χ4n) is 0.297. The average Bonchev–Trinajstić information content (AvgIpc) is 2.14. The molecule has 4 heteroatoms. The molecule has 0 unspecified atom stereocenters. The molecule has 1 aromatic heterocycles. The molecule has 0 atom stereocenters. The number of rotatable bonds is 0. The molecule has 40 valence electrons. The molecule has 0 aromatic carbocycles. The van der Waals surface area contributed by atoms with E-state index in [1.807, 2.05) is 0 Å². The fraction of sp³-hybridized carbons (Fsp3) is 0. The Morgan fingerprint density at radius 2 is 2.62 bits per heavy atom. The minimum Gasteiger partial charge on any atom is -0.351 e. The summed E-state index contributed by atoms with van der Waals surface area (Å²) in [6, 6.07) is 0. The van der Waals surface area contributed by atoms with Gasteiger partial charge in [0.2, 0.25) is 4.60 Å². The first-order valence-corrected chi connectivity index (χ1v) is 3.48. The zero-order valence-electron chi connectivity index (χ0n) is 3.76. The van der Waals surface area contributed by atoms with E-state index in [4.69, 9.17) is 6.57 Å². The lowest BCUT2D eigenvalue weighted by atomic mass is 11.0. The second-order valence-electron chi connectivity index (χ2n) is 1.06. The first kappa shape index (κ1) is 5.73. The average molecular weight is 189 g/mol. The normalized spacial score (nSPS) is 8.50. The second kappa shape index (κ2) is 2.25. The second-order valence-corrected chi connectivity index (χ2v) is 2.71. The maximum absolute atomic E-state index is 6.51. The summed E-state index contributed by atoms with van der Waals surface area (Å²) in [6.45, 7) is 6.51. The maximum Gasteiger partial charge on any atom is 0.330 e. The molecule has 0 saturated carbocycles. The fourth-order valence-corrected chi connectivity index (χ4v) is 1.32. The minimum absolute atomic E-state index is 0.483. The highest BCUT2D eigenvalue weighted by Gasteiger charge is 1.97. The molecule has 8 heavy (non-hydrogen) atoms. The van der Waals surface area contributed by atoms with Crippen molar-refractivity contribution in [2.75, 3.05) is 0 Å². The smallest absolute Gasteiger partial charge is 0.330 e. The van der Waals surface area contributed by atoms with Crippen LogP contribution in [0.15, 0.2) is 9.98 Å². The SMILES string of the molecule is [C-]#[N+]c1nc(Br)cs1. The molecule has 0 aliphatic carbocycles. The number of aromatic nitrogens is 1. The van der Waals surface area contributed by atoms with Crippen LogP contribution in [0.2, 0.25) is 0 Å². The molecule has 1 rings (SSSR count). The van der Waals surface area contributed by atoms with E-state index < -0.39 is 0 Å². The van der Waals surface area contributed by atoms with Crippen LogP contribution in [0.3, 0.4) is 0 Å². The van der Waals surface area contributed by atoms with Crippen molar-refractivity contribution in [3.05, 3.63) is 21.4 Å². The van der Waals surface area contributed by atoms with E-state index in [2.05, 4.69) is 25.8 Å². The lowest BCUT2D eigenvalue weighted by Gasteiger charge is -1.66. The molecular formula is C4HBrN2S. The molecule has 0 bridgehead atoms. The van der Waals surface area contributed by atoms with Gasteiger partial charge in [-0.25, -0.2) is 0 Å². The lowest BCUT2D eigenvalue weighted by molar-refractivity contribution is 1.38. The Kier molecular flexibility index (Phi) is 1.61. The molecule has 0 amide bonds. The zero-order chi connectivity index (χ0) is 5.98. The summed E-state index contributed by atoms with van der Waals surface area (Å²) < 4.78 is 0.744. The van der Waals surface area contributed by atoms with Crippen molar-refractivity contribution in [2.45, 2.75) is 0 Å². The van der Waals surface area contributed by atoms with Gasteiger partial charge in [-0.3, -0.25) is 0 Å². The van der Waals surface area contributed by atoms with Crippen LogP contribution in [-0.2, 0) is 0 Å². The van der Waals surface area contributed by atoms with E-state index in [1.54, 1.807) is 5.38 Å². The Morgan fingerprint density at radius 3 is 2.88 bits per heavy atom. The van der Waals surface area contributed by atoms with Crippen LogP contribution in [0.1, 0.15) is 0 Å². The van der Waals surface area contributed by atoms with Gasteiger partial charge in [-0.05, 0) is 0 Å². The van der Waals surface area contributed by atoms with E-state index >= 15 is 0 Å². The molecular weight excluding hydrogens is 188 g/mol. The van der Waals surface area contributed by atoms with Crippen molar-refractivity contribution >= 4 is 32.4 Å². The predicted molar refractivity (Wildman–Crippen MR) is 36.1 cm³/mol. The molecule has 0 radical (unpaired) electrons. The third kappa shape index (κ3) is 1.05. The van der Waals surface area contributed by atoms with Gasteiger partial charge in [0.05, 0.1) is 0 Å². The summed E-state index contributed by atoms with van der Waals surface area (Å²) in [6.07, 6.45) is 0. The third-order valence-corrected chi connectivity index (χ3v) is 2.00. The first-order chi connectivity index (χ1) is 3.83. The van der Waals surface area contributed by atoms with Crippen molar-refractivity contribution in [3.63, 3.8) is 0 Å². The summed E-state index contributed by atoms with van der Waals surface area (Å²) in [4.78, 5) is 6.93. The van der Waals surface area contributed by atoms with E-state index in [1.165, 1.54) is 11.3 Å². The van der Waals surface area contributed by atoms with Gasteiger partial charge < -0.3 is 4.85 Å². The summed E-state index contributed by atoms with van der Waals surface area (Å²) in [5, 5.41) is 2.27. The lowest BCUT2D eigenvalue weighted by Crippen LogP contribution is -1.54. The molecule has 2 nitrogen and oxygen atoms in total. The van der Waals surface area contributed by atoms with Gasteiger partial charge in [0, 0.05) is 21.3 Å². The zero-order valence-corrected chi connectivity index (χ0v) is 6.16. The Morgan fingerprint density at radius 1 is 1.88 bits per heavy atom. The van der Waals surface area contributed by atoms with E-state index in [9.17, 15) is 0 Å². The molecule has 0 saturated heterocycles. The topological polar surface area (TPSA) is 17.2 Å². The Hall–Kier alpha value is -0.400. The number of hydrogen-bond acceptors (Lipinski definition) is 2. The Labute approximate surface area is 59.1 Å². The predicted octanol–water partition coefficient (Wildman–Crippen LogP) is 2.46. The summed E-state index contributed by atoms with van der Waals surface area (Å²) >= 11 is 4.47. The summed E-state index contributed by atoms with van der Waals surface area (Å²) in [5.41, 5.74) is 0.